The summed E-state index contributed by atoms with van der Waals surface area (Å²) in [7, 11) is 3.47. The molecule has 1 aliphatic rings. The molecule has 2 aromatic heterocycles. The Hall–Kier alpha value is -2.15. The van der Waals surface area contributed by atoms with Crippen LogP contribution in [0.4, 0.5) is 0 Å². The number of nitrogens with one attached hydrogen (secondary N) is 1. The third kappa shape index (κ3) is 4.08. The summed E-state index contributed by atoms with van der Waals surface area (Å²) in [4.78, 5) is 25.4. The molecule has 2 aromatic rings. The van der Waals surface area contributed by atoms with Crippen molar-refractivity contribution in [1.82, 2.24) is 19.7 Å². The van der Waals surface area contributed by atoms with Gasteiger partial charge in [-0.25, -0.2) is 0 Å². The van der Waals surface area contributed by atoms with Crippen molar-refractivity contribution in [3.63, 3.8) is 0 Å². The average molecular weight is 374 g/mol. The predicted octanol–water partition coefficient (Wildman–Crippen LogP) is 2.44. The standard InChI is InChI=1S/C20H30N4O3/c1-5-6-11-27-15-9-7-14(8-10-15)21-19(25)17-16-18(24(4)22-17)13(2)12-23(3)20(16)26/h12,14-15H,5-11H2,1-4H3,(H,21,25)/t14-,15-. The molecule has 27 heavy (non-hydrogen) atoms. The minimum absolute atomic E-state index is 0.106. The first-order chi connectivity index (χ1) is 12.9. The highest BCUT2D eigenvalue weighted by Crippen LogP contribution is 2.23. The number of hydrogen-bond acceptors (Lipinski definition) is 4. The van der Waals surface area contributed by atoms with E-state index in [1.807, 2.05) is 6.92 Å². The minimum Gasteiger partial charge on any atom is -0.378 e. The van der Waals surface area contributed by atoms with Crippen LogP contribution < -0.4 is 10.9 Å². The van der Waals surface area contributed by atoms with Crippen molar-refractivity contribution in [2.45, 2.75) is 64.5 Å². The number of pyridine rings is 1. The molecule has 0 atom stereocenters. The van der Waals surface area contributed by atoms with E-state index in [0.717, 1.165) is 56.2 Å². The second-order valence-corrected chi connectivity index (χ2v) is 7.60. The molecule has 2 heterocycles. The van der Waals surface area contributed by atoms with Crippen molar-refractivity contribution in [3.8, 4) is 0 Å². The lowest BCUT2D eigenvalue weighted by Crippen LogP contribution is -2.39. The van der Waals surface area contributed by atoms with Crippen molar-refractivity contribution in [2.24, 2.45) is 14.1 Å². The quantitative estimate of drug-likeness (QED) is 0.788. The lowest BCUT2D eigenvalue weighted by Gasteiger charge is -2.29. The summed E-state index contributed by atoms with van der Waals surface area (Å²) in [5, 5.41) is 7.82. The maximum atomic E-state index is 12.8. The Morgan fingerprint density at radius 1 is 1.30 bits per heavy atom. The molecule has 1 amide bonds. The summed E-state index contributed by atoms with van der Waals surface area (Å²) in [6, 6.07) is 0.106. The van der Waals surface area contributed by atoms with E-state index >= 15 is 0 Å². The van der Waals surface area contributed by atoms with E-state index in [9.17, 15) is 9.59 Å². The second kappa shape index (κ2) is 8.25. The van der Waals surface area contributed by atoms with Gasteiger partial charge in [0.25, 0.3) is 11.5 Å². The van der Waals surface area contributed by atoms with E-state index in [4.69, 9.17) is 4.74 Å². The lowest BCUT2D eigenvalue weighted by molar-refractivity contribution is 0.0209. The molecule has 0 spiro atoms. The van der Waals surface area contributed by atoms with Gasteiger partial charge >= 0.3 is 0 Å². The molecular weight excluding hydrogens is 344 g/mol. The molecule has 1 aliphatic carbocycles. The van der Waals surface area contributed by atoms with E-state index in [0.29, 0.717) is 11.5 Å². The van der Waals surface area contributed by atoms with Crippen molar-refractivity contribution in [3.05, 3.63) is 27.8 Å². The van der Waals surface area contributed by atoms with Crippen molar-refractivity contribution < 1.29 is 9.53 Å². The van der Waals surface area contributed by atoms with Gasteiger partial charge in [0.05, 0.1) is 17.0 Å². The van der Waals surface area contributed by atoms with Crippen molar-refractivity contribution >= 4 is 16.8 Å². The fourth-order valence-corrected chi connectivity index (χ4v) is 3.95. The monoisotopic (exact) mass is 374 g/mol. The Morgan fingerprint density at radius 2 is 2.00 bits per heavy atom. The van der Waals surface area contributed by atoms with Gasteiger partial charge in [0, 0.05) is 32.9 Å². The molecule has 7 heteroatoms. The summed E-state index contributed by atoms with van der Waals surface area (Å²) < 4.78 is 9.03. The van der Waals surface area contributed by atoms with Crippen molar-refractivity contribution in [1.29, 1.82) is 0 Å². The third-order valence-corrected chi connectivity index (χ3v) is 5.42. The van der Waals surface area contributed by atoms with Crippen LogP contribution in [-0.2, 0) is 18.8 Å². The Morgan fingerprint density at radius 3 is 2.67 bits per heavy atom. The Kier molecular flexibility index (Phi) is 5.99. The van der Waals surface area contributed by atoms with Crippen molar-refractivity contribution in [2.75, 3.05) is 6.61 Å². The molecule has 0 unspecified atom stereocenters. The lowest BCUT2D eigenvalue weighted by atomic mass is 9.93. The fraction of sp³-hybridized carbons (Fsp3) is 0.650. The van der Waals surface area contributed by atoms with Gasteiger partial charge in [-0.1, -0.05) is 13.3 Å². The first-order valence-corrected chi connectivity index (χ1v) is 9.87. The molecule has 0 aromatic carbocycles. The van der Waals surface area contributed by atoms with Crippen LogP contribution >= 0.6 is 0 Å². The zero-order valence-corrected chi connectivity index (χ0v) is 16.7. The highest BCUT2D eigenvalue weighted by Gasteiger charge is 2.26. The van der Waals surface area contributed by atoms with Crippen LogP contribution in [0, 0.1) is 6.92 Å². The molecular formula is C20H30N4O3. The van der Waals surface area contributed by atoms with Crippen LogP contribution in [-0.4, -0.2) is 39.0 Å². The number of fused-ring (bicyclic) bond motifs is 1. The topological polar surface area (TPSA) is 78.2 Å². The van der Waals surface area contributed by atoms with Crippen LogP contribution in [0.25, 0.3) is 10.9 Å². The second-order valence-electron chi connectivity index (χ2n) is 7.60. The van der Waals surface area contributed by atoms with Gasteiger partial charge in [0.2, 0.25) is 0 Å². The zero-order valence-electron chi connectivity index (χ0n) is 16.7. The van der Waals surface area contributed by atoms with Gasteiger partial charge in [0.1, 0.15) is 0 Å². The molecule has 1 saturated carbocycles. The summed E-state index contributed by atoms with van der Waals surface area (Å²) in [5.74, 6) is -0.265. The summed E-state index contributed by atoms with van der Waals surface area (Å²) >= 11 is 0. The van der Waals surface area contributed by atoms with Crippen LogP contribution in [0.2, 0.25) is 0 Å². The van der Waals surface area contributed by atoms with Gasteiger partial charge in [-0.05, 0) is 44.6 Å². The highest BCUT2D eigenvalue weighted by atomic mass is 16.5. The van der Waals surface area contributed by atoms with Gasteiger partial charge in [-0.3, -0.25) is 14.3 Å². The number of carbonyl (C=O) groups excluding carboxylic acids is 1. The normalized spacial score (nSPS) is 20.1. The number of rotatable bonds is 6. The summed E-state index contributed by atoms with van der Waals surface area (Å²) in [5.41, 5.74) is 1.67. The van der Waals surface area contributed by atoms with Gasteiger partial charge in [-0.15, -0.1) is 0 Å². The first kappa shape index (κ1) is 19.6. The molecule has 0 saturated heterocycles. The number of nitrogens with zero attached hydrogens (tertiary/aromatic N) is 3. The number of aromatic nitrogens is 3. The van der Waals surface area contributed by atoms with Gasteiger partial charge in [0.15, 0.2) is 5.69 Å². The number of hydrogen-bond donors (Lipinski definition) is 1. The number of amides is 1. The SMILES string of the molecule is CCCCO[C@H]1CC[C@H](NC(=O)c2nn(C)c3c(C)cn(C)c(=O)c23)CC1. The Bertz CT molecular complexity index is 875. The number of aryl methyl sites for hydroxylation is 3. The Labute approximate surface area is 159 Å². The fourth-order valence-electron chi connectivity index (χ4n) is 3.95. The Balaban J connectivity index is 1.70. The van der Waals surface area contributed by atoms with E-state index in [-0.39, 0.29) is 23.2 Å². The molecule has 3 rings (SSSR count). The number of unbranched alkanes of at least 4 members (excludes halogenated alkanes) is 1. The van der Waals surface area contributed by atoms with E-state index in [1.165, 1.54) is 4.57 Å². The molecule has 0 radical (unpaired) electrons. The predicted molar refractivity (Wildman–Crippen MR) is 105 cm³/mol. The van der Waals surface area contributed by atoms with Crippen LogP contribution in [0.15, 0.2) is 11.0 Å². The molecule has 1 fully saturated rings. The average Bonchev–Trinajstić information content (AvgIpc) is 2.99. The molecule has 1 N–H and O–H groups in total. The summed E-state index contributed by atoms with van der Waals surface area (Å²) in [6.07, 6.45) is 8.01. The number of ether oxygens (including phenoxy) is 1. The highest BCUT2D eigenvalue weighted by molar-refractivity contribution is 6.05. The largest absolute Gasteiger partial charge is 0.378 e. The zero-order chi connectivity index (χ0) is 19.6. The first-order valence-electron chi connectivity index (χ1n) is 9.87. The maximum absolute atomic E-state index is 12.8. The summed E-state index contributed by atoms with van der Waals surface area (Å²) in [6.45, 7) is 4.90. The van der Waals surface area contributed by atoms with Gasteiger partial charge < -0.3 is 14.6 Å². The van der Waals surface area contributed by atoms with Crippen LogP contribution in [0.1, 0.15) is 61.5 Å². The molecule has 148 valence electrons. The maximum Gasteiger partial charge on any atom is 0.272 e. The molecule has 0 bridgehead atoms. The van der Waals surface area contributed by atoms with Gasteiger partial charge in [-0.2, -0.15) is 5.10 Å². The smallest absolute Gasteiger partial charge is 0.272 e. The van der Waals surface area contributed by atoms with E-state index < -0.39 is 0 Å². The van der Waals surface area contributed by atoms with Crippen LogP contribution in [0.3, 0.4) is 0 Å². The molecule has 0 aliphatic heterocycles. The molecule has 7 nitrogen and oxygen atoms in total. The van der Waals surface area contributed by atoms with E-state index in [1.54, 1.807) is 25.0 Å². The minimum atomic E-state index is -0.265. The van der Waals surface area contributed by atoms with Crippen LogP contribution in [0.5, 0.6) is 0 Å². The number of carbonyl (C=O) groups is 1. The van der Waals surface area contributed by atoms with E-state index in [2.05, 4.69) is 17.3 Å². The third-order valence-electron chi connectivity index (χ3n) is 5.42.